The molecule has 0 bridgehead atoms. The van der Waals surface area contributed by atoms with Crippen LogP contribution in [0.1, 0.15) is 5.56 Å². The molecule has 2 N–H and O–H groups in total. The van der Waals surface area contributed by atoms with Gasteiger partial charge >= 0.3 is 6.01 Å². The van der Waals surface area contributed by atoms with E-state index in [9.17, 15) is 4.39 Å². The van der Waals surface area contributed by atoms with Crippen molar-refractivity contribution in [3.8, 4) is 17.5 Å². The van der Waals surface area contributed by atoms with E-state index in [1.807, 2.05) is 0 Å². The lowest BCUT2D eigenvalue weighted by molar-refractivity contribution is 0.402. The summed E-state index contributed by atoms with van der Waals surface area (Å²) in [7, 11) is 1.55. The Balaban J connectivity index is 2.25. The molecule has 0 aliphatic carbocycles. The minimum absolute atomic E-state index is 0.0626. The number of halogens is 1. The fraction of sp³-hybridized carbons (Fsp3) is 0.167. The Hall–Kier alpha value is -2.21. The molecule has 0 saturated heterocycles. The van der Waals surface area contributed by atoms with Gasteiger partial charge in [0.1, 0.15) is 11.5 Å². The van der Waals surface area contributed by atoms with Crippen LogP contribution in [-0.2, 0) is 6.54 Å². The van der Waals surface area contributed by atoms with Gasteiger partial charge in [-0.25, -0.2) is 14.4 Å². The second kappa shape index (κ2) is 5.42. The lowest BCUT2D eigenvalue weighted by Crippen LogP contribution is -1.99. The number of hydrogen-bond acceptors (Lipinski definition) is 5. The number of ether oxygens (including phenoxy) is 2. The van der Waals surface area contributed by atoms with Gasteiger partial charge in [0.2, 0.25) is 0 Å². The second-order valence-electron chi connectivity index (χ2n) is 3.51. The Labute approximate surface area is 103 Å². The number of nitrogens with zero attached hydrogens (tertiary/aromatic N) is 2. The van der Waals surface area contributed by atoms with Gasteiger partial charge in [0.05, 0.1) is 19.5 Å². The summed E-state index contributed by atoms with van der Waals surface area (Å²) in [6.07, 6.45) is 2.07. The Morgan fingerprint density at radius 1 is 1.17 bits per heavy atom. The molecule has 0 aliphatic heterocycles. The van der Waals surface area contributed by atoms with Gasteiger partial charge in [0.15, 0.2) is 5.82 Å². The third-order valence-electron chi connectivity index (χ3n) is 2.22. The van der Waals surface area contributed by atoms with Crippen LogP contribution in [0.3, 0.4) is 0 Å². The van der Waals surface area contributed by atoms with E-state index in [0.717, 1.165) is 18.0 Å². The first-order valence-electron chi connectivity index (χ1n) is 5.24. The molecule has 2 aromatic rings. The summed E-state index contributed by atoms with van der Waals surface area (Å²) in [4.78, 5) is 7.41. The zero-order valence-corrected chi connectivity index (χ0v) is 9.76. The molecule has 0 fully saturated rings. The standard InChI is InChI=1S/C12H12FN3O2/c1-17-10-2-8(5-14)3-11(4-10)18-12-15-6-9(13)7-16-12/h2-4,6-7H,5,14H2,1H3. The second-order valence-corrected chi connectivity index (χ2v) is 3.51. The summed E-state index contributed by atoms with van der Waals surface area (Å²) in [5.41, 5.74) is 6.42. The van der Waals surface area contributed by atoms with E-state index in [2.05, 4.69) is 9.97 Å². The van der Waals surface area contributed by atoms with Gasteiger partial charge in [-0.05, 0) is 17.7 Å². The predicted octanol–water partition coefficient (Wildman–Crippen LogP) is 1.88. The molecule has 1 aromatic heterocycles. The van der Waals surface area contributed by atoms with Crippen molar-refractivity contribution in [2.24, 2.45) is 5.73 Å². The topological polar surface area (TPSA) is 70.3 Å². The lowest BCUT2D eigenvalue weighted by atomic mass is 10.2. The van der Waals surface area contributed by atoms with E-state index in [1.54, 1.807) is 25.3 Å². The number of nitrogens with two attached hydrogens (primary N) is 1. The average molecular weight is 249 g/mol. The maximum atomic E-state index is 12.6. The first-order valence-corrected chi connectivity index (χ1v) is 5.24. The van der Waals surface area contributed by atoms with Crippen LogP contribution in [0.2, 0.25) is 0 Å². The van der Waals surface area contributed by atoms with Gasteiger partial charge in [0.25, 0.3) is 0 Å². The minimum atomic E-state index is -0.518. The van der Waals surface area contributed by atoms with Crippen LogP contribution in [0, 0.1) is 5.82 Å². The van der Waals surface area contributed by atoms with Crippen LogP contribution < -0.4 is 15.2 Å². The maximum Gasteiger partial charge on any atom is 0.322 e. The van der Waals surface area contributed by atoms with Crippen molar-refractivity contribution in [3.05, 3.63) is 42.0 Å². The number of methoxy groups -OCH3 is 1. The van der Waals surface area contributed by atoms with Gasteiger partial charge in [-0.3, -0.25) is 0 Å². The van der Waals surface area contributed by atoms with E-state index >= 15 is 0 Å². The van der Waals surface area contributed by atoms with Gasteiger partial charge in [-0.15, -0.1) is 0 Å². The minimum Gasteiger partial charge on any atom is -0.497 e. The van der Waals surface area contributed by atoms with Crippen LogP contribution in [0.25, 0.3) is 0 Å². The van der Waals surface area contributed by atoms with Gasteiger partial charge in [-0.1, -0.05) is 0 Å². The number of aromatic nitrogens is 2. The fourth-order valence-corrected chi connectivity index (χ4v) is 1.38. The van der Waals surface area contributed by atoms with Gasteiger partial charge in [-0.2, -0.15) is 0 Å². The van der Waals surface area contributed by atoms with Crippen molar-refractivity contribution in [3.63, 3.8) is 0 Å². The summed E-state index contributed by atoms with van der Waals surface area (Å²) in [6.45, 7) is 0.359. The Kier molecular flexibility index (Phi) is 3.69. The van der Waals surface area contributed by atoms with E-state index in [1.165, 1.54) is 0 Å². The van der Waals surface area contributed by atoms with Crippen LogP contribution >= 0.6 is 0 Å². The molecule has 1 aromatic carbocycles. The number of rotatable bonds is 4. The largest absolute Gasteiger partial charge is 0.497 e. The first kappa shape index (κ1) is 12.3. The molecule has 1 heterocycles. The van der Waals surface area contributed by atoms with Gasteiger partial charge in [0, 0.05) is 12.6 Å². The lowest BCUT2D eigenvalue weighted by Gasteiger charge is -2.08. The Bertz CT molecular complexity index is 509. The van der Waals surface area contributed by atoms with Crippen LogP contribution in [0.5, 0.6) is 17.5 Å². The number of hydrogen-bond donors (Lipinski definition) is 1. The smallest absolute Gasteiger partial charge is 0.322 e. The molecule has 2 rings (SSSR count). The maximum absolute atomic E-state index is 12.6. The molecule has 0 radical (unpaired) electrons. The van der Waals surface area contributed by atoms with Crippen LogP contribution in [-0.4, -0.2) is 17.1 Å². The van der Waals surface area contributed by atoms with Crippen molar-refractivity contribution in [1.82, 2.24) is 9.97 Å². The molecule has 0 unspecified atom stereocenters. The van der Waals surface area contributed by atoms with E-state index < -0.39 is 5.82 Å². The Morgan fingerprint density at radius 2 is 1.83 bits per heavy atom. The van der Waals surface area contributed by atoms with E-state index in [4.69, 9.17) is 15.2 Å². The third-order valence-corrected chi connectivity index (χ3v) is 2.22. The summed E-state index contributed by atoms with van der Waals surface area (Å²) in [6, 6.07) is 5.28. The van der Waals surface area contributed by atoms with Crippen molar-refractivity contribution in [2.45, 2.75) is 6.54 Å². The molecule has 0 aliphatic rings. The summed E-state index contributed by atoms with van der Waals surface area (Å²) >= 11 is 0. The molecule has 6 heteroatoms. The molecule has 5 nitrogen and oxygen atoms in total. The molecule has 0 saturated carbocycles. The average Bonchev–Trinajstić information content (AvgIpc) is 2.41. The van der Waals surface area contributed by atoms with Gasteiger partial charge < -0.3 is 15.2 Å². The molecular weight excluding hydrogens is 237 g/mol. The van der Waals surface area contributed by atoms with E-state index in [-0.39, 0.29) is 6.01 Å². The number of benzene rings is 1. The van der Waals surface area contributed by atoms with Crippen molar-refractivity contribution >= 4 is 0 Å². The molecule has 94 valence electrons. The molecule has 0 amide bonds. The highest BCUT2D eigenvalue weighted by Gasteiger charge is 2.05. The molecule has 0 spiro atoms. The van der Waals surface area contributed by atoms with Crippen molar-refractivity contribution < 1.29 is 13.9 Å². The highest BCUT2D eigenvalue weighted by Crippen LogP contribution is 2.25. The quantitative estimate of drug-likeness (QED) is 0.895. The summed E-state index contributed by atoms with van der Waals surface area (Å²) in [5.74, 6) is 0.590. The molecular formula is C12H12FN3O2. The predicted molar refractivity (Wildman–Crippen MR) is 62.9 cm³/mol. The highest BCUT2D eigenvalue weighted by molar-refractivity contribution is 5.39. The van der Waals surface area contributed by atoms with E-state index in [0.29, 0.717) is 18.0 Å². The normalized spacial score (nSPS) is 10.2. The summed E-state index contributed by atoms with van der Waals surface area (Å²) in [5, 5.41) is 0. The van der Waals surface area contributed by atoms with Crippen LogP contribution in [0.15, 0.2) is 30.6 Å². The third kappa shape index (κ3) is 2.92. The summed E-state index contributed by atoms with van der Waals surface area (Å²) < 4.78 is 23.2. The van der Waals surface area contributed by atoms with Crippen molar-refractivity contribution in [1.29, 1.82) is 0 Å². The zero-order valence-electron chi connectivity index (χ0n) is 9.76. The Morgan fingerprint density at radius 3 is 2.44 bits per heavy atom. The highest BCUT2D eigenvalue weighted by atomic mass is 19.1. The van der Waals surface area contributed by atoms with Crippen molar-refractivity contribution in [2.75, 3.05) is 7.11 Å². The molecule has 0 atom stereocenters. The molecule has 18 heavy (non-hydrogen) atoms. The first-order chi connectivity index (χ1) is 8.71. The van der Waals surface area contributed by atoms with Crippen LogP contribution in [0.4, 0.5) is 4.39 Å². The zero-order chi connectivity index (χ0) is 13.0. The monoisotopic (exact) mass is 249 g/mol. The SMILES string of the molecule is COc1cc(CN)cc(Oc2ncc(F)cn2)c1. The fourth-order valence-electron chi connectivity index (χ4n) is 1.38.